The van der Waals surface area contributed by atoms with E-state index in [9.17, 15) is 4.79 Å². The fourth-order valence-corrected chi connectivity index (χ4v) is 2.89. The number of likely N-dealkylation sites (tertiary alicyclic amines) is 1. The van der Waals surface area contributed by atoms with Crippen molar-refractivity contribution in [1.29, 1.82) is 0 Å². The number of rotatable bonds is 0. The van der Waals surface area contributed by atoms with Crippen LogP contribution in [0.15, 0.2) is 34.8 Å². The number of carbonyl (C=O) groups is 1. The van der Waals surface area contributed by atoms with Gasteiger partial charge >= 0.3 is 6.09 Å². The Bertz CT molecular complexity index is 482. The highest BCUT2D eigenvalue weighted by molar-refractivity contribution is 9.10. The van der Waals surface area contributed by atoms with E-state index in [0.29, 0.717) is 5.41 Å². The first kappa shape index (κ1) is 17.3. The van der Waals surface area contributed by atoms with Gasteiger partial charge in [-0.25, -0.2) is 4.79 Å². The average molecular weight is 368 g/mol. The van der Waals surface area contributed by atoms with Crippen LogP contribution in [0.2, 0.25) is 0 Å². The highest BCUT2D eigenvalue weighted by Gasteiger charge is 2.45. The maximum atomic E-state index is 11.7. The Hall–Kier alpha value is -1.03. The lowest BCUT2D eigenvalue weighted by Gasteiger charge is -2.33. The summed E-state index contributed by atoms with van der Waals surface area (Å²) in [5, 5.41) is 0. The van der Waals surface area contributed by atoms with Gasteiger partial charge in [-0.3, -0.25) is 0 Å². The molecule has 0 aromatic heterocycles. The molecule has 0 N–H and O–H groups in total. The van der Waals surface area contributed by atoms with Gasteiger partial charge in [0.25, 0.3) is 0 Å². The highest BCUT2D eigenvalue weighted by atomic mass is 79.9. The minimum Gasteiger partial charge on any atom is -0.444 e. The van der Waals surface area contributed by atoms with Gasteiger partial charge < -0.3 is 9.64 Å². The molecule has 1 aromatic rings. The van der Waals surface area contributed by atoms with E-state index in [2.05, 4.69) is 15.9 Å². The molecule has 1 saturated heterocycles. The molecule has 3 nitrogen and oxygen atoms in total. The summed E-state index contributed by atoms with van der Waals surface area (Å²) in [6.07, 6.45) is 4.95. The number of hydrogen-bond donors (Lipinski definition) is 0. The molecule has 2 fully saturated rings. The number of carbonyl (C=O) groups excluding carboxylic acids is 1. The smallest absolute Gasteiger partial charge is 0.410 e. The van der Waals surface area contributed by atoms with E-state index in [1.807, 2.05) is 56.0 Å². The van der Waals surface area contributed by atoms with Crippen molar-refractivity contribution in [3.63, 3.8) is 0 Å². The van der Waals surface area contributed by atoms with Crippen LogP contribution in [-0.4, -0.2) is 29.7 Å². The van der Waals surface area contributed by atoms with Crippen LogP contribution in [0.4, 0.5) is 4.79 Å². The van der Waals surface area contributed by atoms with Crippen LogP contribution in [0.25, 0.3) is 0 Å². The molecule has 0 atom stereocenters. The standard InChI is InChI=1S/C12H21NO2.C6H5Br/c1-11(2,3)15-10(14)13-8-6-12(4-5-12)7-9-13;7-6-4-2-1-3-5-6/h4-9H2,1-3H3;1-5H. The number of benzene rings is 1. The zero-order valence-electron chi connectivity index (χ0n) is 13.8. The fourth-order valence-electron chi connectivity index (χ4n) is 2.58. The molecule has 0 bridgehead atoms. The van der Waals surface area contributed by atoms with Crippen LogP contribution in [0, 0.1) is 5.41 Å². The second-order valence-corrected chi connectivity index (χ2v) is 8.18. The van der Waals surface area contributed by atoms with Crippen molar-refractivity contribution in [2.75, 3.05) is 13.1 Å². The second kappa shape index (κ2) is 7.03. The minimum atomic E-state index is -0.369. The van der Waals surface area contributed by atoms with Gasteiger partial charge in [-0.2, -0.15) is 0 Å². The largest absolute Gasteiger partial charge is 0.444 e. The van der Waals surface area contributed by atoms with Crippen molar-refractivity contribution >= 4 is 22.0 Å². The molecule has 1 spiro atoms. The van der Waals surface area contributed by atoms with Gasteiger partial charge in [0.05, 0.1) is 0 Å². The van der Waals surface area contributed by atoms with Crippen molar-refractivity contribution in [1.82, 2.24) is 4.90 Å². The lowest BCUT2D eigenvalue weighted by Crippen LogP contribution is -2.42. The minimum absolute atomic E-state index is 0.141. The highest BCUT2D eigenvalue weighted by Crippen LogP contribution is 2.53. The molecular formula is C18H26BrNO2. The number of ether oxygens (including phenoxy) is 1. The van der Waals surface area contributed by atoms with Crippen LogP contribution < -0.4 is 0 Å². The maximum Gasteiger partial charge on any atom is 0.410 e. The Kier molecular flexibility index (Phi) is 5.54. The van der Waals surface area contributed by atoms with Crippen molar-refractivity contribution in [2.45, 2.75) is 52.1 Å². The predicted octanol–water partition coefficient (Wildman–Crippen LogP) is 5.25. The molecule has 1 aliphatic heterocycles. The molecule has 2 aliphatic rings. The van der Waals surface area contributed by atoms with Crippen molar-refractivity contribution < 1.29 is 9.53 Å². The van der Waals surface area contributed by atoms with Crippen molar-refractivity contribution in [3.8, 4) is 0 Å². The van der Waals surface area contributed by atoms with Gasteiger partial charge in [-0.15, -0.1) is 0 Å². The van der Waals surface area contributed by atoms with E-state index in [4.69, 9.17) is 4.74 Å². The second-order valence-electron chi connectivity index (χ2n) is 7.26. The van der Waals surface area contributed by atoms with E-state index >= 15 is 0 Å². The summed E-state index contributed by atoms with van der Waals surface area (Å²) in [6, 6.07) is 9.97. The van der Waals surface area contributed by atoms with E-state index in [1.165, 1.54) is 25.7 Å². The Balaban J connectivity index is 0.000000211. The first-order valence-corrected chi connectivity index (χ1v) is 8.78. The van der Waals surface area contributed by atoms with E-state index in [-0.39, 0.29) is 11.7 Å². The Labute approximate surface area is 142 Å². The topological polar surface area (TPSA) is 29.5 Å². The van der Waals surface area contributed by atoms with Crippen LogP contribution in [0.5, 0.6) is 0 Å². The summed E-state index contributed by atoms with van der Waals surface area (Å²) in [7, 11) is 0. The maximum absolute atomic E-state index is 11.7. The summed E-state index contributed by atoms with van der Waals surface area (Å²) in [5.74, 6) is 0. The third kappa shape index (κ3) is 5.64. The van der Waals surface area contributed by atoms with Crippen molar-refractivity contribution in [2.24, 2.45) is 5.41 Å². The van der Waals surface area contributed by atoms with E-state index < -0.39 is 0 Å². The molecule has 1 aromatic carbocycles. The quantitative estimate of drug-likeness (QED) is 0.626. The summed E-state index contributed by atoms with van der Waals surface area (Å²) in [4.78, 5) is 13.6. The summed E-state index contributed by atoms with van der Waals surface area (Å²) in [5.41, 5.74) is 0.254. The summed E-state index contributed by atoms with van der Waals surface area (Å²) in [6.45, 7) is 7.51. The number of amides is 1. The van der Waals surface area contributed by atoms with Crippen molar-refractivity contribution in [3.05, 3.63) is 34.8 Å². The SMILES string of the molecule is Brc1ccccc1.CC(C)(C)OC(=O)N1CCC2(CC1)CC2. The zero-order chi connectivity index (χ0) is 16.2. The van der Waals surface area contributed by atoms with Crippen LogP contribution in [0.1, 0.15) is 46.5 Å². The Morgan fingerprint density at radius 2 is 1.64 bits per heavy atom. The van der Waals surface area contributed by atoms with Gasteiger partial charge in [0, 0.05) is 17.6 Å². The Morgan fingerprint density at radius 3 is 2.00 bits per heavy atom. The lowest BCUT2D eigenvalue weighted by atomic mass is 9.94. The summed E-state index contributed by atoms with van der Waals surface area (Å²) >= 11 is 3.31. The normalized spacial score (nSPS) is 19.2. The fraction of sp³-hybridized carbons (Fsp3) is 0.611. The van der Waals surface area contributed by atoms with Gasteiger partial charge in [-0.05, 0) is 64.0 Å². The number of hydrogen-bond acceptors (Lipinski definition) is 2. The molecule has 4 heteroatoms. The van der Waals surface area contributed by atoms with Crippen LogP contribution >= 0.6 is 15.9 Å². The van der Waals surface area contributed by atoms with Gasteiger partial charge in [0.1, 0.15) is 5.60 Å². The number of halogens is 1. The van der Waals surface area contributed by atoms with E-state index in [0.717, 1.165) is 17.6 Å². The molecule has 1 saturated carbocycles. The van der Waals surface area contributed by atoms with Gasteiger partial charge in [0.2, 0.25) is 0 Å². The Morgan fingerprint density at radius 1 is 1.09 bits per heavy atom. The van der Waals surface area contributed by atoms with Gasteiger partial charge in [0.15, 0.2) is 0 Å². The predicted molar refractivity (Wildman–Crippen MR) is 92.9 cm³/mol. The molecule has 1 aliphatic carbocycles. The zero-order valence-corrected chi connectivity index (χ0v) is 15.4. The first-order chi connectivity index (χ1) is 10.3. The molecule has 0 radical (unpaired) electrons. The third-order valence-corrected chi connectivity index (χ3v) is 4.69. The average Bonchev–Trinajstić information content (AvgIpc) is 3.18. The summed E-state index contributed by atoms with van der Waals surface area (Å²) < 4.78 is 6.49. The van der Waals surface area contributed by atoms with E-state index in [1.54, 1.807) is 0 Å². The first-order valence-electron chi connectivity index (χ1n) is 7.98. The number of piperidine rings is 1. The van der Waals surface area contributed by atoms with Crippen LogP contribution in [0.3, 0.4) is 0 Å². The molecular weight excluding hydrogens is 342 g/mol. The molecule has 1 heterocycles. The molecule has 1 amide bonds. The molecule has 3 rings (SSSR count). The molecule has 0 unspecified atom stereocenters. The lowest BCUT2D eigenvalue weighted by molar-refractivity contribution is 0.0173. The molecule has 22 heavy (non-hydrogen) atoms. The number of nitrogens with zero attached hydrogens (tertiary/aromatic N) is 1. The van der Waals surface area contributed by atoms with Crippen LogP contribution in [-0.2, 0) is 4.74 Å². The molecule has 122 valence electrons. The van der Waals surface area contributed by atoms with Gasteiger partial charge in [-0.1, -0.05) is 34.1 Å². The monoisotopic (exact) mass is 367 g/mol. The third-order valence-electron chi connectivity index (χ3n) is 4.17.